The first kappa shape index (κ1) is 44.3. The third-order valence-electron chi connectivity index (χ3n) is 17.2. The number of benzene rings is 13. The van der Waals surface area contributed by atoms with Crippen molar-refractivity contribution in [3.8, 4) is 33.4 Å². The van der Waals surface area contributed by atoms with Crippen LogP contribution in [0.3, 0.4) is 0 Å². The third kappa shape index (κ3) is 6.53. The molecule has 0 fully saturated rings. The summed E-state index contributed by atoms with van der Waals surface area (Å²) in [5.41, 5.74) is 19.6. The van der Waals surface area contributed by atoms with Crippen molar-refractivity contribution in [2.75, 3.05) is 9.80 Å². The van der Waals surface area contributed by atoms with Crippen LogP contribution in [-0.2, 0) is 10.8 Å². The van der Waals surface area contributed by atoms with Gasteiger partial charge in [-0.15, -0.1) is 0 Å². The molecule has 360 valence electrons. The van der Waals surface area contributed by atoms with Crippen molar-refractivity contribution in [2.24, 2.45) is 0 Å². The second-order valence-electron chi connectivity index (χ2n) is 22.0. The van der Waals surface area contributed by atoms with E-state index in [-0.39, 0.29) is 10.8 Å². The number of fused-ring (bicyclic) bond motifs is 13. The van der Waals surface area contributed by atoms with Gasteiger partial charge in [0.05, 0.1) is 17.1 Å². The monoisotopic (exact) mass is 970 g/mol. The van der Waals surface area contributed by atoms with Crippen molar-refractivity contribution in [2.45, 2.75) is 38.5 Å². The van der Waals surface area contributed by atoms with Gasteiger partial charge in [0, 0.05) is 44.1 Å². The van der Waals surface area contributed by atoms with Crippen LogP contribution in [0.2, 0.25) is 0 Å². The fraction of sp³-hybridized carbons (Fsp3) is 0.0811. The predicted octanol–water partition coefficient (Wildman–Crippen LogP) is 20.7. The Hall–Kier alpha value is -9.24. The lowest BCUT2D eigenvalue weighted by Gasteiger charge is -2.31. The van der Waals surface area contributed by atoms with Crippen molar-refractivity contribution >= 4 is 88.0 Å². The highest BCUT2D eigenvalue weighted by atomic mass is 15.2. The standard InChI is InChI=1S/C74H54N2/c1-73(2)66-31-17-15-26-59(66)61-39-37-51(45-68(61)73)75(71-43-48-19-5-7-21-53(48)56-23-10-13-29-64(56)71)50-35-33-47(34-36-50)55-41-42-70(63-28-12-9-25-58(55)63)76(72-44-49-20-6-8-22-54(49)57-24-11-14-30-65(57)72)52-38-40-62-60-27-16-18-32-67(60)74(3,4)69(62)46-52/h5-46H,1-4H3. The van der Waals surface area contributed by atoms with Gasteiger partial charge in [-0.3, -0.25) is 0 Å². The van der Waals surface area contributed by atoms with Crippen molar-refractivity contribution < 1.29 is 0 Å². The molecular formula is C74H54N2. The molecule has 0 radical (unpaired) electrons. The molecule has 0 aromatic heterocycles. The molecule has 0 heterocycles. The zero-order chi connectivity index (χ0) is 50.9. The zero-order valence-electron chi connectivity index (χ0n) is 43.1. The Kier molecular flexibility index (Phi) is 9.69. The number of nitrogens with zero attached hydrogens (tertiary/aromatic N) is 2. The summed E-state index contributed by atoms with van der Waals surface area (Å²) in [4.78, 5) is 5.02. The second-order valence-corrected chi connectivity index (χ2v) is 22.0. The van der Waals surface area contributed by atoms with Crippen LogP contribution in [-0.4, -0.2) is 0 Å². The normalized spacial score (nSPS) is 13.7. The van der Waals surface area contributed by atoms with E-state index in [2.05, 4.69) is 292 Å². The minimum Gasteiger partial charge on any atom is -0.310 e. The highest BCUT2D eigenvalue weighted by Crippen LogP contribution is 2.54. The van der Waals surface area contributed by atoms with Gasteiger partial charge in [-0.1, -0.05) is 228 Å². The van der Waals surface area contributed by atoms with Crippen molar-refractivity contribution in [3.63, 3.8) is 0 Å². The molecule has 0 saturated carbocycles. The van der Waals surface area contributed by atoms with E-state index >= 15 is 0 Å². The molecule has 2 aliphatic rings. The molecule has 13 aromatic rings. The summed E-state index contributed by atoms with van der Waals surface area (Å²) >= 11 is 0. The molecule has 2 heteroatoms. The Morgan fingerprint density at radius 3 is 1.13 bits per heavy atom. The summed E-state index contributed by atoms with van der Waals surface area (Å²) in [6.07, 6.45) is 0. The van der Waals surface area contributed by atoms with Crippen molar-refractivity contribution in [3.05, 3.63) is 277 Å². The van der Waals surface area contributed by atoms with Gasteiger partial charge in [0.15, 0.2) is 0 Å². The van der Waals surface area contributed by atoms with Crippen molar-refractivity contribution in [1.82, 2.24) is 0 Å². The van der Waals surface area contributed by atoms with Crippen LogP contribution >= 0.6 is 0 Å². The van der Waals surface area contributed by atoms with Gasteiger partial charge in [0.25, 0.3) is 0 Å². The summed E-state index contributed by atoms with van der Waals surface area (Å²) in [7, 11) is 0. The van der Waals surface area contributed by atoms with Gasteiger partial charge >= 0.3 is 0 Å². The summed E-state index contributed by atoms with van der Waals surface area (Å²) in [5, 5.41) is 12.3. The number of hydrogen-bond acceptors (Lipinski definition) is 2. The lowest BCUT2D eigenvalue weighted by molar-refractivity contribution is 0.660. The van der Waals surface area contributed by atoms with Crippen LogP contribution in [0.4, 0.5) is 34.1 Å². The van der Waals surface area contributed by atoms with E-state index in [4.69, 9.17) is 0 Å². The van der Waals surface area contributed by atoms with Crippen LogP contribution in [0.15, 0.2) is 255 Å². The number of rotatable bonds is 7. The summed E-state index contributed by atoms with van der Waals surface area (Å²) in [6, 6.07) is 95.4. The van der Waals surface area contributed by atoms with Crippen LogP contribution in [0.1, 0.15) is 49.9 Å². The molecule has 0 amide bonds. The van der Waals surface area contributed by atoms with E-state index in [1.165, 1.54) is 109 Å². The van der Waals surface area contributed by atoms with E-state index in [1.54, 1.807) is 0 Å². The van der Waals surface area contributed by atoms with Gasteiger partial charge in [-0.05, 0) is 148 Å². The first-order valence-corrected chi connectivity index (χ1v) is 26.7. The lowest BCUT2D eigenvalue weighted by atomic mass is 9.82. The second kappa shape index (κ2) is 16.6. The fourth-order valence-electron chi connectivity index (χ4n) is 13.5. The first-order chi connectivity index (χ1) is 37.2. The maximum atomic E-state index is 2.53. The zero-order valence-corrected chi connectivity index (χ0v) is 43.1. The first-order valence-electron chi connectivity index (χ1n) is 26.7. The molecule has 2 aliphatic carbocycles. The van der Waals surface area contributed by atoms with Crippen LogP contribution in [0, 0.1) is 0 Å². The van der Waals surface area contributed by atoms with Gasteiger partial charge < -0.3 is 9.80 Å². The maximum Gasteiger partial charge on any atom is 0.0546 e. The Labute approximate surface area is 444 Å². The summed E-state index contributed by atoms with van der Waals surface area (Å²) in [5.74, 6) is 0. The molecule has 0 aliphatic heterocycles. The van der Waals surface area contributed by atoms with Crippen LogP contribution < -0.4 is 9.80 Å². The number of hydrogen-bond donors (Lipinski definition) is 0. The Balaban J connectivity index is 0.903. The minimum atomic E-state index is -0.156. The molecule has 0 spiro atoms. The lowest BCUT2D eigenvalue weighted by Crippen LogP contribution is -2.17. The molecule has 0 bridgehead atoms. The average molecular weight is 971 g/mol. The SMILES string of the molecule is CC1(C)c2ccccc2-c2ccc(N(c3ccc(-c4ccc(N(c5ccc6c(c5)C(C)(C)c5ccccc5-6)c5cc6ccccc6c6ccccc56)c5ccccc45)cc3)c3cc4ccccc4c4ccccc34)cc21. The average Bonchev–Trinajstić information content (AvgIpc) is 3.87. The predicted molar refractivity (Wildman–Crippen MR) is 324 cm³/mol. The Morgan fingerprint density at radius 2 is 0.605 bits per heavy atom. The molecule has 2 nitrogen and oxygen atoms in total. The highest BCUT2D eigenvalue weighted by molar-refractivity contribution is 6.17. The molecule has 0 unspecified atom stereocenters. The molecule has 13 aromatic carbocycles. The van der Waals surface area contributed by atoms with E-state index in [1.807, 2.05) is 0 Å². The Bertz CT molecular complexity index is 4540. The van der Waals surface area contributed by atoms with Gasteiger partial charge in [-0.2, -0.15) is 0 Å². The molecule has 0 saturated heterocycles. The molecule has 76 heavy (non-hydrogen) atoms. The smallest absolute Gasteiger partial charge is 0.0546 e. The highest BCUT2D eigenvalue weighted by Gasteiger charge is 2.37. The summed E-state index contributed by atoms with van der Waals surface area (Å²) < 4.78 is 0. The molecular weight excluding hydrogens is 917 g/mol. The molecule has 0 atom stereocenters. The fourth-order valence-corrected chi connectivity index (χ4v) is 13.5. The largest absolute Gasteiger partial charge is 0.310 e. The van der Waals surface area contributed by atoms with Crippen LogP contribution in [0.25, 0.3) is 87.2 Å². The maximum absolute atomic E-state index is 2.53. The van der Waals surface area contributed by atoms with E-state index in [0.717, 1.165) is 34.1 Å². The topological polar surface area (TPSA) is 6.48 Å². The van der Waals surface area contributed by atoms with Gasteiger partial charge in [0.2, 0.25) is 0 Å². The molecule has 0 N–H and O–H groups in total. The van der Waals surface area contributed by atoms with Crippen LogP contribution in [0.5, 0.6) is 0 Å². The van der Waals surface area contributed by atoms with E-state index in [9.17, 15) is 0 Å². The minimum absolute atomic E-state index is 0.143. The van der Waals surface area contributed by atoms with E-state index in [0.29, 0.717) is 0 Å². The number of anilines is 6. The molecule has 15 rings (SSSR count). The van der Waals surface area contributed by atoms with Gasteiger partial charge in [-0.25, -0.2) is 0 Å². The van der Waals surface area contributed by atoms with E-state index < -0.39 is 0 Å². The quantitative estimate of drug-likeness (QED) is 0.147. The third-order valence-corrected chi connectivity index (χ3v) is 17.2. The summed E-state index contributed by atoms with van der Waals surface area (Å²) in [6.45, 7) is 9.50. The van der Waals surface area contributed by atoms with Crippen molar-refractivity contribution in [1.29, 1.82) is 0 Å². The Morgan fingerprint density at radius 1 is 0.237 bits per heavy atom. The van der Waals surface area contributed by atoms with Gasteiger partial charge in [0.1, 0.15) is 0 Å².